The van der Waals surface area contributed by atoms with Crippen LogP contribution < -0.4 is 10.1 Å². The fraction of sp³-hybridized carbons (Fsp3) is 0.238. The molecule has 0 radical (unpaired) electrons. The van der Waals surface area contributed by atoms with Crippen molar-refractivity contribution in [3.63, 3.8) is 0 Å². The number of ether oxygens (including phenoxy) is 1. The molecule has 2 amide bonds. The van der Waals surface area contributed by atoms with Crippen LogP contribution in [0.2, 0.25) is 0 Å². The van der Waals surface area contributed by atoms with E-state index in [0.29, 0.717) is 6.54 Å². The highest BCUT2D eigenvalue weighted by atomic mass is 19.1. The van der Waals surface area contributed by atoms with Crippen molar-refractivity contribution in [3.8, 4) is 5.75 Å². The molecule has 0 spiro atoms. The molecule has 27 heavy (non-hydrogen) atoms. The highest BCUT2D eigenvalue weighted by Crippen LogP contribution is 2.12. The van der Waals surface area contributed by atoms with Crippen LogP contribution >= 0.6 is 0 Å². The minimum atomic E-state index is -0.323. The van der Waals surface area contributed by atoms with Gasteiger partial charge in [-0.05, 0) is 48.4 Å². The van der Waals surface area contributed by atoms with Gasteiger partial charge < -0.3 is 15.0 Å². The topological polar surface area (TPSA) is 58.6 Å². The molecule has 1 N–H and O–H groups in total. The normalized spacial score (nSPS) is 10.6. The molecular weight excluding hydrogens is 347 g/mol. The molecule has 0 fully saturated rings. The third kappa shape index (κ3) is 6.58. The average molecular weight is 370 g/mol. The molecule has 0 saturated carbocycles. The van der Waals surface area contributed by atoms with Gasteiger partial charge in [0.15, 0.2) is 0 Å². The molecule has 2 aromatic carbocycles. The number of amides is 2. The van der Waals surface area contributed by atoms with Gasteiger partial charge >= 0.3 is 0 Å². The minimum Gasteiger partial charge on any atom is -0.497 e. The van der Waals surface area contributed by atoms with Crippen LogP contribution in [-0.4, -0.2) is 36.9 Å². The van der Waals surface area contributed by atoms with Crippen LogP contribution in [0, 0.1) is 5.82 Å². The van der Waals surface area contributed by atoms with Gasteiger partial charge in [-0.2, -0.15) is 0 Å². The molecular formula is C21H23FN2O3. The first-order valence-corrected chi connectivity index (χ1v) is 8.64. The van der Waals surface area contributed by atoms with Gasteiger partial charge in [0, 0.05) is 19.2 Å². The van der Waals surface area contributed by atoms with Crippen LogP contribution in [0.4, 0.5) is 4.39 Å². The summed E-state index contributed by atoms with van der Waals surface area (Å²) in [5, 5.41) is 2.73. The van der Waals surface area contributed by atoms with E-state index >= 15 is 0 Å². The number of nitrogens with zero attached hydrogens (tertiary/aromatic N) is 1. The first kappa shape index (κ1) is 20.2. The van der Waals surface area contributed by atoms with E-state index in [1.54, 1.807) is 25.3 Å². The largest absolute Gasteiger partial charge is 0.497 e. The van der Waals surface area contributed by atoms with Gasteiger partial charge in [-0.15, -0.1) is 0 Å². The summed E-state index contributed by atoms with van der Waals surface area (Å²) in [5.74, 6) is -0.0967. The smallest absolute Gasteiger partial charge is 0.247 e. The molecule has 0 aromatic heterocycles. The van der Waals surface area contributed by atoms with E-state index in [1.807, 2.05) is 31.2 Å². The van der Waals surface area contributed by atoms with Crippen molar-refractivity contribution in [1.82, 2.24) is 10.2 Å². The van der Waals surface area contributed by atoms with E-state index in [-0.39, 0.29) is 30.7 Å². The molecule has 0 atom stereocenters. The quantitative estimate of drug-likeness (QED) is 0.727. The molecule has 0 aliphatic heterocycles. The molecule has 5 nitrogen and oxygen atoms in total. The summed E-state index contributed by atoms with van der Waals surface area (Å²) >= 11 is 0. The molecule has 0 aliphatic rings. The van der Waals surface area contributed by atoms with E-state index in [0.717, 1.165) is 16.9 Å². The highest BCUT2D eigenvalue weighted by molar-refractivity contribution is 5.94. The van der Waals surface area contributed by atoms with Gasteiger partial charge in [-0.25, -0.2) is 4.39 Å². The second-order valence-electron chi connectivity index (χ2n) is 5.86. The van der Waals surface area contributed by atoms with Crippen LogP contribution in [0.5, 0.6) is 5.75 Å². The van der Waals surface area contributed by atoms with Crippen LogP contribution in [0.3, 0.4) is 0 Å². The zero-order chi connectivity index (χ0) is 19.6. The second-order valence-corrected chi connectivity index (χ2v) is 5.86. The monoisotopic (exact) mass is 370 g/mol. The number of carbonyl (C=O) groups excluding carboxylic acids is 2. The number of rotatable bonds is 8. The summed E-state index contributed by atoms with van der Waals surface area (Å²) in [4.78, 5) is 25.8. The Kier molecular flexibility index (Phi) is 7.55. The molecule has 2 rings (SSSR count). The van der Waals surface area contributed by atoms with Crippen molar-refractivity contribution in [2.45, 2.75) is 13.5 Å². The first-order valence-electron chi connectivity index (χ1n) is 8.64. The third-order valence-electron chi connectivity index (χ3n) is 3.96. The van der Waals surface area contributed by atoms with Crippen LogP contribution in [0.25, 0.3) is 6.08 Å². The summed E-state index contributed by atoms with van der Waals surface area (Å²) in [5.41, 5.74) is 1.65. The number of methoxy groups -OCH3 is 1. The van der Waals surface area contributed by atoms with Gasteiger partial charge in [0.2, 0.25) is 11.8 Å². The number of hydrogen-bond acceptors (Lipinski definition) is 3. The van der Waals surface area contributed by atoms with Gasteiger partial charge in [0.1, 0.15) is 11.6 Å². The van der Waals surface area contributed by atoms with Gasteiger partial charge in [-0.1, -0.05) is 24.3 Å². The number of halogens is 1. The summed E-state index contributed by atoms with van der Waals surface area (Å²) in [6.07, 6.45) is 3.14. The standard InChI is InChI=1S/C21H23FN2O3/c1-3-24(15-20(25)23-14-17-4-9-18(22)10-5-17)21(26)13-8-16-6-11-19(27-2)12-7-16/h4-13H,3,14-15H2,1-2H3,(H,23,25)/b13-8+. The van der Waals surface area contributed by atoms with Crippen molar-refractivity contribution >= 4 is 17.9 Å². The summed E-state index contributed by atoms with van der Waals surface area (Å²) < 4.78 is 18.0. The van der Waals surface area contributed by atoms with Crippen LogP contribution in [-0.2, 0) is 16.1 Å². The average Bonchev–Trinajstić information content (AvgIpc) is 2.70. The molecule has 0 unspecified atom stereocenters. The fourth-order valence-electron chi connectivity index (χ4n) is 2.37. The number of nitrogens with one attached hydrogen (secondary N) is 1. The Labute approximate surface area is 158 Å². The summed E-state index contributed by atoms with van der Waals surface area (Å²) in [7, 11) is 1.59. The Morgan fingerprint density at radius 1 is 1.11 bits per heavy atom. The molecule has 2 aromatic rings. The van der Waals surface area contributed by atoms with Crippen molar-refractivity contribution < 1.29 is 18.7 Å². The Morgan fingerprint density at radius 3 is 2.37 bits per heavy atom. The summed E-state index contributed by atoms with van der Waals surface area (Å²) in [6.45, 7) is 2.47. The zero-order valence-electron chi connectivity index (χ0n) is 15.4. The number of benzene rings is 2. The van der Waals surface area contributed by atoms with E-state index in [2.05, 4.69) is 5.32 Å². The molecule has 142 valence electrons. The van der Waals surface area contributed by atoms with Gasteiger partial charge in [-0.3, -0.25) is 9.59 Å². The Bertz CT molecular complexity index is 786. The SMILES string of the molecule is CCN(CC(=O)NCc1ccc(F)cc1)C(=O)/C=C/c1ccc(OC)cc1. The van der Waals surface area contributed by atoms with Crippen LogP contribution in [0.1, 0.15) is 18.1 Å². The van der Waals surface area contributed by atoms with Crippen molar-refractivity contribution in [2.24, 2.45) is 0 Å². The number of carbonyl (C=O) groups is 2. The van der Waals surface area contributed by atoms with E-state index in [4.69, 9.17) is 4.74 Å². The van der Waals surface area contributed by atoms with Crippen LogP contribution in [0.15, 0.2) is 54.6 Å². The maximum atomic E-state index is 12.9. The van der Waals surface area contributed by atoms with Crippen molar-refractivity contribution in [1.29, 1.82) is 0 Å². The number of likely N-dealkylation sites (N-methyl/N-ethyl adjacent to an activating group) is 1. The van der Waals surface area contributed by atoms with E-state index in [1.165, 1.54) is 23.1 Å². The zero-order valence-corrected chi connectivity index (χ0v) is 15.4. The first-order chi connectivity index (χ1) is 13.0. The Morgan fingerprint density at radius 2 is 1.78 bits per heavy atom. The predicted molar refractivity (Wildman–Crippen MR) is 103 cm³/mol. The maximum absolute atomic E-state index is 12.9. The lowest BCUT2D eigenvalue weighted by molar-refractivity contribution is -0.132. The number of hydrogen-bond donors (Lipinski definition) is 1. The second kappa shape index (κ2) is 10.1. The lowest BCUT2D eigenvalue weighted by atomic mass is 10.2. The summed E-state index contributed by atoms with van der Waals surface area (Å²) in [6, 6.07) is 13.2. The lowest BCUT2D eigenvalue weighted by Gasteiger charge is -2.18. The minimum absolute atomic E-state index is 0.0382. The molecule has 0 aliphatic carbocycles. The third-order valence-corrected chi connectivity index (χ3v) is 3.96. The van der Waals surface area contributed by atoms with E-state index < -0.39 is 0 Å². The van der Waals surface area contributed by atoms with Crippen molar-refractivity contribution in [2.75, 3.05) is 20.2 Å². The highest BCUT2D eigenvalue weighted by Gasteiger charge is 2.13. The molecule has 0 bridgehead atoms. The van der Waals surface area contributed by atoms with Crippen molar-refractivity contribution in [3.05, 3.63) is 71.6 Å². The Balaban J connectivity index is 1.86. The van der Waals surface area contributed by atoms with Gasteiger partial charge in [0.05, 0.1) is 13.7 Å². The lowest BCUT2D eigenvalue weighted by Crippen LogP contribution is -2.39. The molecule has 0 saturated heterocycles. The van der Waals surface area contributed by atoms with Gasteiger partial charge in [0.25, 0.3) is 0 Å². The molecule has 0 heterocycles. The predicted octanol–water partition coefficient (Wildman–Crippen LogP) is 3.01. The fourth-order valence-corrected chi connectivity index (χ4v) is 2.37. The van der Waals surface area contributed by atoms with E-state index in [9.17, 15) is 14.0 Å². The Hall–Kier alpha value is -3.15. The maximum Gasteiger partial charge on any atom is 0.247 e. The molecule has 6 heteroatoms.